The molecule has 0 amide bonds. The van der Waals surface area contributed by atoms with E-state index in [2.05, 4.69) is 48.9 Å². The van der Waals surface area contributed by atoms with Crippen molar-refractivity contribution >= 4 is 47.4 Å². The molecule has 0 aromatic heterocycles. The van der Waals surface area contributed by atoms with E-state index in [0.29, 0.717) is 12.1 Å². The Kier molecular flexibility index (Phi) is 16.2. The zero-order chi connectivity index (χ0) is 41.5. The van der Waals surface area contributed by atoms with Crippen LogP contribution in [0.15, 0.2) is 71.8 Å². The third-order valence-electron chi connectivity index (χ3n) is 9.95. The number of benzene rings is 2. The number of anilines is 2. The smallest absolute Gasteiger partial charge is 0.349 e. The summed E-state index contributed by atoms with van der Waals surface area (Å²) in [7, 11) is 0. The van der Waals surface area contributed by atoms with Crippen LogP contribution in [-0.4, -0.2) is 75.5 Å². The second-order valence-corrected chi connectivity index (χ2v) is 14.4. The lowest BCUT2D eigenvalue weighted by Gasteiger charge is -2.38. The van der Waals surface area contributed by atoms with Gasteiger partial charge in [0, 0.05) is 47.7 Å². The van der Waals surface area contributed by atoms with Crippen LogP contribution in [0.3, 0.4) is 0 Å². The van der Waals surface area contributed by atoms with E-state index >= 15 is 0 Å². The summed E-state index contributed by atoms with van der Waals surface area (Å²) >= 11 is 0. The number of rotatable bonds is 18. The highest BCUT2D eigenvalue weighted by atomic mass is 16.6. The number of carbonyl (C=O) groups is 4. The Morgan fingerprint density at radius 1 is 0.649 bits per heavy atom. The second-order valence-electron chi connectivity index (χ2n) is 14.4. The fourth-order valence-corrected chi connectivity index (χ4v) is 6.84. The Morgan fingerprint density at radius 3 is 1.37 bits per heavy atom. The molecule has 0 saturated heterocycles. The number of esters is 4. The Labute approximate surface area is 335 Å². The molecule has 300 valence electrons. The maximum atomic E-state index is 12.5. The minimum absolute atomic E-state index is 0.122. The van der Waals surface area contributed by atoms with E-state index in [0.717, 1.165) is 69.2 Å². The summed E-state index contributed by atoms with van der Waals surface area (Å²) in [5, 5.41) is 19.3. The highest BCUT2D eigenvalue weighted by molar-refractivity contribution is 5.98. The summed E-state index contributed by atoms with van der Waals surface area (Å²) in [6.07, 6.45) is 9.96. The van der Waals surface area contributed by atoms with Crippen LogP contribution in [-0.2, 0) is 51.0 Å². The molecule has 0 radical (unpaired) electrons. The molecular weight excluding hydrogens is 725 g/mol. The summed E-state index contributed by atoms with van der Waals surface area (Å²) in [6, 6.07) is 16.6. The predicted molar refractivity (Wildman–Crippen MR) is 218 cm³/mol. The van der Waals surface area contributed by atoms with E-state index in [1.165, 1.54) is 48.5 Å². The maximum absolute atomic E-state index is 12.5. The van der Waals surface area contributed by atoms with E-state index in [1.807, 2.05) is 36.4 Å². The van der Waals surface area contributed by atoms with Crippen molar-refractivity contribution in [3.05, 3.63) is 94.1 Å². The molecule has 2 aliphatic rings. The first kappa shape index (κ1) is 43.6. The molecular formula is C45H52N4O8. The molecule has 12 nitrogen and oxygen atoms in total. The monoisotopic (exact) mass is 776 g/mol. The van der Waals surface area contributed by atoms with Crippen molar-refractivity contribution in [2.75, 3.05) is 49.3 Å². The van der Waals surface area contributed by atoms with E-state index in [1.54, 1.807) is 0 Å². The molecule has 57 heavy (non-hydrogen) atoms. The topological polar surface area (TPSA) is 159 Å². The first-order valence-electron chi connectivity index (χ1n) is 19.3. The van der Waals surface area contributed by atoms with Gasteiger partial charge in [0.2, 0.25) is 0 Å². The number of aryl methyl sites for hydroxylation is 2. The summed E-state index contributed by atoms with van der Waals surface area (Å²) in [4.78, 5) is 53.0. The van der Waals surface area contributed by atoms with Gasteiger partial charge in [-0.2, -0.15) is 10.5 Å². The summed E-state index contributed by atoms with van der Waals surface area (Å²) in [5.41, 5.74) is 6.42. The van der Waals surface area contributed by atoms with Crippen LogP contribution >= 0.6 is 0 Å². The standard InChI is InChI=1S/C45H52N4O8/c1-30(2)42(50)54-20-22-56-44(52)38(28-46)26-34-12-16-40-36(24-34)14-10-32(5)48(40)18-8-7-9-19-49-33(6)11-15-37-25-35(13-17-41(37)49)27-39(29-47)45(53)57-23-21-55-43(51)31(3)4/h12-13,16-17,24-27,32-33H,1,3,7-11,14-15,18-23H2,2,4-6H3/b38-26+,39-27+. The average Bonchev–Trinajstić information content (AvgIpc) is 3.19. The third kappa shape index (κ3) is 12.4. The molecule has 2 atom stereocenters. The predicted octanol–water partition coefficient (Wildman–Crippen LogP) is 6.98. The van der Waals surface area contributed by atoms with Crippen LogP contribution in [0.4, 0.5) is 11.4 Å². The van der Waals surface area contributed by atoms with Gasteiger partial charge in [-0.05, 0) is 131 Å². The molecule has 2 heterocycles. The van der Waals surface area contributed by atoms with Crippen molar-refractivity contribution in [3.8, 4) is 12.1 Å². The van der Waals surface area contributed by atoms with E-state index < -0.39 is 23.9 Å². The lowest BCUT2D eigenvalue weighted by Crippen LogP contribution is -2.39. The number of carbonyl (C=O) groups excluding carboxylic acids is 4. The molecule has 0 bridgehead atoms. The van der Waals surface area contributed by atoms with E-state index in [9.17, 15) is 29.7 Å². The van der Waals surface area contributed by atoms with Crippen LogP contribution in [0.25, 0.3) is 12.2 Å². The zero-order valence-electron chi connectivity index (χ0n) is 33.4. The van der Waals surface area contributed by atoms with Gasteiger partial charge in [0.05, 0.1) is 0 Å². The van der Waals surface area contributed by atoms with Gasteiger partial charge >= 0.3 is 23.9 Å². The van der Waals surface area contributed by atoms with Crippen molar-refractivity contribution < 1.29 is 38.1 Å². The fourth-order valence-electron chi connectivity index (χ4n) is 6.84. The second kappa shape index (κ2) is 21.2. The molecule has 0 saturated carbocycles. The van der Waals surface area contributed by atoms with Crippen LogP contribution < -0.4 is 9.80 Å². The van der Waals surface area contributed by atoms with Crippen LogP contribution in [0, 0.1) is 22.7 Å². The SMILES string of the molecule is C=C(C)C(=O)OCCOC(=O)/C(C#N)=C/c1ccc2c(c1)CCC(C)N2CCCCCN1c2ccc(/C=C(\C#N)C(=O)OCCOC(=O)C(=C)C)cc2CCC1C. The highest BCUT2D eigenvalue weighted by Crippen LogP contribution is 2.34. The van der Waals surface area contributed by atoms with Gasteiger partial charge < -0.3 is 28.7 Å². The molecule has 0 spiro atoms. The highest BCUT2D eigenvalue weighted by Gasteiger charge is 2.25. The van der Waals surface area contributed by atoms with E-state index in [-0.39, 0.29) is 48.7 Å². The van der Waals surface area contributed by atoms with Gasteiger partial charge in [0.1, 0.15) is 49.7 Å². The summed E-state index contributed by atoms with van der Waals surface area (Å²) in [6.45, 7) is 15.8. The Bertz CT molecular complexity index is 1860. The lowest BCUT2D eigenvalue weighted by atomic mass is 9.93. The van der Waals surface area contributed by atoms with Gasteiger partial charge in [-0.3, -0.25) is 0 Å². The van der Waals surface area contributed by atoms with Crippen molar-refractivity contribution in [3.63, 3.8) is 0 Å². The normalized spacial score (nSPS) is 16.2. The van der Waals surface area contributed by atoms with Crippen molar-refractivity contribution in [2.24, 2.45) is 0 Å². The third-order valence-corrected chi connectivity index (χ3v) is 9.95. The van der Waals surface area contributed by atoms with Crippen LogP contribution in [0.1, 0.15) is 82.1 Å². The van der Waals surface area contributed by atoms with Gasteiger partial charge in [-0.1, -0.05) is 25.3 Å². The average molecular weight is 777 g/mol. The molecule has 0 N–H and O–H groups in total. The number of hydrogen-bond acceptors (Lipinski definition) is 12. The molecule has 0 fully saturated rings. The maximum Gasteiger partial charge on any atom is 0.349 e. The van der Waals surface area contributed by atoms with Gasteiger partial charge in [0.25, 0.3) is 0 Å². The van der Waals surface area contributed by atoms with Gasteiger partial charge in [-0.25, -0.2) is 19.2 Å². The number of ether oxygens (including phenoxy) is 4. The molecule has 2 aliphatic heterocycles. The first-order valence-corrected chi connectivity index (χ1v) is 19.3. The summed E-state index contributed by atoms with van der Waals surface area (Å²) in [5.74, 6) is -2.69. The molecule has 2 aromatic carbocycles. The number of nitrogens with zero attached hydrogens (tertiary/aromatic N) is 4. The molecule has 12 heteroatoms. The molecule has 2 aromatic rings. The zero-order valence-corrected chi connectivity index (χ0v) is 33.4. The lowest BCUT2D eigenvalue weighted by molar-refractivity contribution is -0.147. The largest absolute Gasteiger partial charge is 0.459 e. The van der Waals surface area contributed by atoms with Crippen LogP contribution in [0.2, 0.25) is 0 Å². The number of hydrogen-bond donors (Lipinski definition) is 0. The van der Waals surface area contributed by atoms with Crippen molar-refractivity contribution in [1.82, 2.24) is 0 Å². The van der Waals surface area contributed by atoms with Gasteiger partial charge in [0.15, 0.2) is 0 Å². The molecule has 0 aliphatic carbocycles. The quantitative estimate of drug-likeness (QED) is 0.0504. The van der Waals surface area contributed by atoms with Crippen LogP contribution in [0.5, 0.6) is 0 Å². The molecule has 2 unspecified atom stereocenters. The Morgan fingerprint density at radius 2 is 1.02 bits per heavy atom. The van der Waals surface area contributed by atoms with Gasteiger partial charge in [-0.15, -0.1) is 0 Å². The minimum atomic E-state index is -0.774. The van der Waals surface area contributed by atoms with Crippen molar-refractivity contribution in [1.29, 1.82) is 10.5 Å². The Hall–Kier alpha value is -6.14. The van der Waals surface area contributed by atoms with Crippen molar-refractivity contribution in [2.45, 2.75) is 84.7 Å². The number of unbranched alkanes of at least 4 members (excludes halogenated alkanes) is 2. The fraction of sp³-hybridized carbons (Fsp3) is 0.422. The molecule has 4 rings (SSSR count). The first-order chi connectivity index (χ1) is 27.3. The van der Waals surface area contributed by atoms with E-state index in [4.69, 9.17) is 18.9 Å². The number of fused-ring (bicyclic) bond motifs is 2. The summed E-state index contributed by atoms with van der Waals surface area (Å²) < 4.78 is 20.1. The number of nitriles is 2. The Balaban J connectivity index is 1.29. The minimum Gasteiger partial charge on any atom is -0.459 e.